The molecule has 1 aromatic heterocycles. The van der Waals surface area contributed by atoms with E-state index in [4.69, 9.17) is 23.2 Å². The summed E-state index contributed by atoms with van der Waals surface area (Å²) in [6, 6.07) is 16.8. The van der Waals surface area contributed by atoms with Crippen molar-refractivity contribution in [2.45, 2.75) is 10.8 Å². The summed E-state index contributed by atoms with van der Waals surface area (Å²) in [5.74, 6) is 0.297. The molecule has 2 nitrogen and oxygen atoms in total. The van der Waals surface area contributed by atoms with Crippen molar-refractivity contribution >= 4 is 45.1 Å². The molecule has 5 heteroatoms. The molecule has 0 N–H and O–H groups in total. The molecule has 0 bridgehead atoms. The molecular weight excluding hydrogens is 313 g/mol. The second-order valence-corrected chi connectivity index (χ2v) is 6.37. The second-order valence-electron chi connectivity index (χ2n) is 4.33. The Morgan fingerprint density at radius 2 is 1.80 bits per heavy atom. The molecule has 1 unspecified atom stereocenters. The van der Waals surface area contributed by atoms with Gasteiger partial charge in [-0.25, -0.2) is 4.21 Å². The van der Waals surface area contributed by atoms with Crippen LogP contribution < -0.4 is 0 Å². The van der Waals surface area contributed by atoms with Gasteiger partial charge in [-0.05, 0) is 36.4 Å². The highest BCUT2D eigenvalue weighted by molar-refractivity contribution is 7.83. The van der Waals surface area contributed by atoms with Gasteiger partial charge in [0.25, 0.3) is 0 Å². The Hall–Kier alpha value is -1.29. The van der Waals surface area contributed by atoms with E-state index in [9.17, 15) is 4.21 Å². The first-order valence-electron chi connectivity index (χ1n) is 6.04. The number of rotatable bonds is 3. The third kappa shape index (κ3) is 2.37. The molecule has 0 aliphatic rings. The molecule has 0 fully saturated rings. The van der Waals surface area contributed by atoms with Crippen LogP contribution in [0, 0.1) is 0 Å². The van der Waals surface area contributed by atoms with Gasteiger partial charge in [-0.2, -0.15) is 0 Å². The standard InChI is InChI=1S/C15H11Cl2NOS/c16-10-13-9-11-8-12(17)6-7-15(11)18(13)20(19)14-4-2-1-3-5-14/h1-9H,10H2. The van der Waals surface area contributed by atoms with E-state index in [0.717, 1.165) is 21.5 Å². The van der Waals surface area contributed by atoms with Crippen LogP contribution in [-0.2, 0) is 16.9 Å². The molecule has 0 radical (unpaired) electrons. The highest BCUT2D eigenvalue weighted by atomic mass is 35.5. The van der Waals surface area contributed by atoms with Crippen LogP contribution in [0.4, 0.5) is 0 Å². The molecule has 0 saturated heterocycles. The van der Waals surface area contributed by atoms with Crippen molar-refractivity contribution in [3.05, 3.63) is 65.3 Å². The Bertz CT molecular complexity index is 783. The molecular formula is C15H11Cl2NOS. The zero-order valence-electron chi connectivity index (χ0n) is 10.4. The number of hydrogen-bond acceptors (Lipinski definition) is 1. The van der Waals surface area contributed by atoms with Gasteiger partial charge in [-0.15, -0.1) is 11.6 Å². The SMILES string of the molecule is O=S(c1ccccc1)n1c(CCl)cc2cc(Cl)ccc21. The zero-order valence-corrected chi connectivity index (χ0v) is 12.8. The topological polar surface area (TPSA) is 22.0 Å². The van der Waals surface area contributed by atoms with Gasteiger partial charge in [0, 0.05) is 16.1 Å². The summed E-state index contributed by atoms with van der Waals surface area (Å²) >= 11 is 12.0. The zero-order chi connectivity index (χ0) is 14.1. The molecule has 3 rings (SSSR count). The number of halogens is 2. The average molecular weight is 324 g/mol. The van der Waals surface area contributed by atoms with Crippen LogP contribution >= 0.6 is 23.2 Å². The summed E-state index contributed by atoms with van der Waals surface area (Å²) < 4.78 is 14.5. The van der Waals surface area contributed by atoms with Gasteiger partial charge in [0.1, 0.15) is 0 Å². The van der Waals surface area contributed by atoms with Crippen LogP contribution in [-0.4, -0.2) is 8.18 Å². The lowest BCUT2D eigenvalue weighted by atomic mass is 10.2. The lowest BCUT2D eigenvalue weighted by Gasteiger charge is -2.08. The van der Waals surface area contributed by atoms with Crippen LogP contribution in [0.5, 0.6) is 0 Å². The molecule has 2 aromatic carbocycles. The fourth-order valence-corrected chi connectivity index (χ4v) is 3.87. The van der Waals surface area contributed by atoms with Crippen LogP contribution in [0.2, 0.25) is 5.02 Å². The van der Waals surface area contributed by atoms with Crippen molar-refractivity contribution in [3.63, 3.8) is 0 Å². The highest BCUT2D eigenvalue weighted by Gasteiger charge is 2.15. The van der Waals surface area contributed by atoms with E-state index < -0.39 is 11.0 Å². The van der Waals surface area contributed by atoms with Gasteiger partial charge in [0.15, 0.2) is 11.0 Å². The van der Waals surface area contributed by atoms with E-state index in [-0.39, 0.29) is 0 Å². The van der Waals surface area contributed by atoms with Crippen molar-refractivity contribution < 1.29 is 4.21 Å². The quantitative estimate of drug-likeness (QED) is 0.645. The minimum absolute atomic E-state index is 0.297. The maximum Gasteiger partial charge on any atom is 0.157 e. The maximum atomic E-state index is 12.8. The number of nitrogens with zero attached hydrogens (tertiary/aromatic N) is 1. The third-order valence-electron chi connectivity index (χ3n) is 3.04. The molecule has 0 amide bonds. The molecule has 1 heterocycles. The first-order chi connectivity index (χ1) is 9.70. The molecule has 0 saturated carbocycles. The van der Waals surface area contributed by atoms with Crippen LogP contribution in [0.25, 0.3) is 10.9 Å². The maximum absolute atomic E-state index is 12.8. The van der Waals surface area contributed by atoms with Crippen LogP contribution in [0.15, 0.2) is 59.5 Å². The highest BCUT2D eigenvalue weighted by Crippen LogP contribution is 2.27. The van der Waals surface area contributed by atoms with Crippen molar-refractivity contribution in [3.8, 4) is 0 Å². The van der Waals surface area contributed by atoms with E-state index in [1.54, 1.807) is 10.0 Å². The second kappa shape index (κ2) is 5.60. The first-order valence-corrected chi connectivity index (χ1v) is 8.06. The van der Waals surface area contributed by atoms with E-state index in [0.29, 0.717) is 10.9 Å². The Balaban J connectivity index is 2.22. The molecule has 0 aliphatic carbocycles. The molecule has 1 atom stereocenters. The van der Waals surface area contributed by atoms with Gasteiger partial charge in [-0.3, -0.25) is 3.97 Å². The van der Waals surface area contributed by atoms with E-state index >= 15 is 0 Å². The van der Waals surface area contributed by atoms with Gasteiger partial charge in [0.2, 0.25) is 0 Å². The van der Waals surface area contributed by atoms with Gasteiger partial charge >= 0.3 is 0 Å². The largest absolute Gasteiger partial charge is 0.258 e. The lowest BCUT2D eigenvalue weighted by molar-refractivity contribution is 0.677. The Kier molecular flexibility index (Phi) is 3.83. The summed E-state index contributed by atoms with van der Waals surface area (Å²) in [4.78, 5) is 0.742. The van der Waals surface area contributed by atoms with Crippen molar-refractivity contribution in [1.82, 2.24) is 3.97 Å². The Morgan fingerprint density at radius 3 is 2.50 bits per heavy atom. The van der Waals surface area contributed by atoms with E-state index in [1.807, 2.05) is 48.5 Å². The summed E-state index contributed by atoms with van der Waals surface area (Å²) in [5.41, 5.74) is 1.68. The summed E-state index contributed by atoms with van der Waals surface area (Å²) in [7, 11) is -1.32. The summed E-state index contributed by atoms with van der Waals surface area (Å²) in [6.45, 7) is 0. The smallest absolute Gasteiger partial charge is 0.157 e. The number of aromatic nitrogens is 1. The normalized spacial score (nSPS) is 12.7. The molecule has 102 valence electrons. The number of benzene rings is 2. The van der Waals surface area contributed by atoms with Gasteiger partial charge in [-0.1, -0.05) is 29.8 Å². The first kappa shape index (κ1) is 13.7. The third-order valence-corrected chi connectivity index (χ3v) is 4.99. The fourth-order valence-electron chi connectivity index (χ4n) is 2.15. The van der Waals surface area contributed by atoms with Gasteiger partial charge < -0.3 is 0 Å². The molecule has 0 spiro atoms. The monoisotopic (exact) mass is 323 g/mol. The van der Waals surface area contributed by atoms with Crippen molar-refractivity contribution in [1.29, 1.82) is 0 Å². The van der Waals surface area contributed by atoms with Crippen LogP contribution in [0.3, 0.4) is 0 Å². The van der Waals surface area contributed by atoms with E-state index in [2.05, 4.69) is 0 Å². The lowest BCUT2D eigenvalue weighted by Crippen LogP contribution is -2.07. The predicted molar refractivity (Wildman–Crippen MR) is 84.8 cm³/mol. The average Bonchev–Trinajstić information content (AvgIpc) is 2.84. The fraction of sp³-hybridized carbons (Fsp3) is 0.0667. The molecule has 0 aliphatic heterocycles. The number of fused-ring (bicyclic) bond motifs is 1. The number of alkyl halides is 1. The Labute approximate surface area is 129 Å². The summed E-state index contributed by atoms with van der Waals surface area (Å²) in [5, 5.41) is 1.60. The summed E-state index contributed by atoms with van der Waals surface area (Å²) in [6.07, 6.45) is 0. The predicted octanol–water partition coefficient (Wildman–Crippen LogP) is 4.60. The minimum Gasteiger partial charge on any atom is -0.258 e. The minimum atomic E-state index is -1.32. The number of hydrogen-bond donors (Lipinski definition) is 0. The Morgan fingerprint density at radius 1 is 1.05 bits per heavy atom. The van der Waals surface area contributed by atoms with Crippen molar-refractivity contribution in [2.75, 3.05) is 0 Å². The van der Waals surface area contributed by atoms with Gasteiger partial charge in [0.05, 0.1) is 16.3 Å². The molecule has 20 heavy (non-hydrogen) atoms. The van der Waals surface area contributed by atoms with E-state index in [1.165, 1.54) is 0 Å². The molecule has 3 aromatic rings. The van der Waals surface area contributed by atoms with Crippen LogP contribution in [0.1, 0.15) is 5.69 Å². The van der Waals surface area contributed by atoms with Crippen molar-refractivity contribution in [2.24, 2.45) is 0 Å².